The number of fused-ring (bicyclic) bond motifs is 2. The van der Waals surface area contributed by atoms with Gasteiger partial charge in [0.25, 0.3) is 0 Å². The molecule has 0 aromatic carbocycles. The minimum atomic E-state index is -5.08. The molecule has 2 saturated heterocycles. The summed E-state index contributed by atoms with van der Waals surface area (Å²) in [5.41, 5.74) is -0.753. The zero-order valence-corrected chi connectivity index (χ0v) is 13.3. The molecule has 0 radical (unpaired) electrons. The van der Waals surface area contributed by atoms with Crippen LogP contribution in [0.5, 0.6) is 5.88 Å². The quantitative estimate of drug-likeness (QED) is 0.781. The maximum atomic E-state index is 12.4. The number of carbonyl (C=O) groups is 1. The maximum Gasteiger partial charge on any atom is 0.490 e. The number of ether oxygens (including phenoxy) is 1. The molecule has 3 fully saturated rings. The second-order valence-electron chi connectivity index (χ2n) is 6.13. The number of pyridine rings is 1. The highest BCUT2D eigenvalue weighted by molar-refractivity contribution is 5.73. The zero-order chi connectivity index (χ0) is 19.5. The Bertz CT molecular complexity index is 601. The molecule has 3 aliphatic rings. The standard InChI is InChI=1S/C13H15F3N2O.C2HF3O2/c14-13(15,16)9-1-2-12(17-6-9)19-7-11-5-8-3-10(4-8)18-11;3-2(4,5)1(6)7/h1-2,6,8,10-11,18H,3-5,7H2;(H,6,7). The first-order chi connectivity index (χ1) is 11.9. The molecule has 3 heterocycles. The second-order valence-corrected chi connectivity index (χ2v) is 6.13. The number of nitrogens with one attached hydrogen (secondary N) is 1. The fraction of sp³-hybridized carbons (Fsp3) is 0.600. The molecule has 2 aliphatic heterocycles. The second kappa shape index (κ2) is 7.68. The van der Waals surface area contributed by atoms with E-state index in [9.17, 15) is 26.3 Å². The summed E-state index contributed by atoms with van der Waals surface area (Å²) in [6, 6.07) is 3.16. The Morgan fingerprint density at radius 3 is 2.19 bits per heavy atom. The number of aromatic nitrogens is 1. The first-order valence-corrected chi connectivity index (χ1v) is 7.67. The third-order valence-electron chi connectivity index (χ3n) is 4.06. The molecular weight excluding hydrogens is 370 g/mol. The third-order valence-corrected chi connectivity index (χ3v) is 4.06. The highest BCUT2D eigenvalue weighted by atomic mass is 19.4. The fourth-order valence-corrected chi connectivity index (χ4v) is 2.80. The predicted molar refractivity (Wildman–Crippen MR) is 76.5 cm³/mol. The molecule has 1 aromatic heterocycles. The van der Waals surface area contributed by atoms with Gasteiger partial charge in [-0.15, -0.1) is 0 Å². The predicted octanol–water partition coefficient (Wildman–Crippen LogP) is 3.25. The van der Waals surface area contributed by atoms with Gasteiger partial charge in [0.1, 0.15) is 6.61 Å². The first kappa shape index (κ1) is 20.3. The number of hydrogen-bond donors (Lipinski definition) is 2. The Labute approximate surface area is 144 Å². The van der Waals surface area contributed by atoms with E-state index in [2.05, 4.69) is 10.3 Å². The van der Waals surface area contributed by atoms with Gasteiger partial charge in [-0.2, -0.15) is 26.3 Å². The first-order valence-electron chi connectivity index (χ1n) is 7.67. The van der Waals surface area contributed by atoms with E-state index in [0.29, 0.717) is 18.7 Å². The molecule has 2 bridgehead atoms. The molecule has 146 valence electrons. The lowest BCUT2D eigenvalue weighted by molar-refractivity contribution is -0.192. The smallest absolute Gasteiger partial charge is 0.476 e. The number of alkyl halides is 6. The van der Waals surface area contributed by atoms with Crippen molar-refractivity contribution in [2.24, 2.45) is 5.92 Å². The van der Waals surface area contributed by atoms with Crippen LogP contribution in [0.25, 0.3) is 0 Å². The molecule has 1 unspecified atom stereocenters. The molecular formula is C15H16F6N2O3. The number of carboxylic acid groups (broad SMARTS) is 1. The minimum Gasteiger partial charge on any atom is -0.476 e. The Morgan fingerprint density at radius 2 is 1.81 bits per heavy atom. The van der Waals surface area contributed by atoms with E-state index in [0.717, 1.165) is 24.6 Å². The van der Waals surface area contributed by atoms with E-state index in [-0.39, 0.29) is 5.88 Å². The molecule has 1 atom stereocenters. The highest BCUT2D eigenvalue weighted by Crippen LogP contribution is 2.36. The number of nitrogens with zero attached hydrogens (tertiary/aromatic N) is 1. The average molecular weight is 386 g/mol. The highest BCUT2D eigenvalue weighted by Gasteiger charge is 2.38. The lowest BCUT2D eigenvalue weighted by Gasteiger charge is -2.46. The van der Waals surface area contributed by atoms with Crippen LogP contribution in [-0.4, -0.2) is 40.9 Å². The van der Waals surface area contributed by atoms with Crippen LogP contribution in [-0.2, 0) is 11.0 Å². The van der Waals surface area contributed by atoms with E-state index >= 15 is 0 Å². The van der Waals surface area contributed by atoms with Gasteiger partial charge in [-0.05, 0) is 31.2 Å². The van der Waals surface area contributed by atoms with Crippen molar-refractivity contribution in [3.63, 3.8) is 0 Å². The zero-order valence-electron chi connectivity index (χ0n) is 13.3. The van der Waals surface area contributed by atoms with E-state index < -0.39 is 23.9 Å². The van der Waals surface area contributed by atoms with Crippen molar-refractivity contribution in [2.75, 3.05) is 6.61 Å². The molecule has 0 spiro atoms. The maximum absolute atomic E-state index is 12.4. The number of piperidine rings is 2. The van der Waals surface area contributed by atoms with E-state index in [1.54, 1.807) is 0 Å². The van der Waals surface area contributed by atoms with Crippen molar-refractivity contribution in [1.82, 2.24) is 10.3 Å². The SMILES string of the molecule is FC(F)(F)c1ccc(OCC2CC3CC(C3)N2)nc1.O=C(O)C(F)(F)F. The largest absolute Gasteiger partial charge is 0.490 e. The van der Waals surface area contributed by atoms with Gasteiger partial charge < -0.3 is 15.2 Å². The summed E-state index contributed by atoms with van der Waals surface area (Å²) in [6.45, 7) is 0.464. The molecule has 4 rings (SSSR count). The van der Waals surface area contributed by atoms with Gasteiger partial charge in [-0.1, -0.05) is 0 Å². The van der Waals surface area contributed by atoms with Crippen LogP contribution >= 0.6 is 0 Å². The van der Waals surface area contributed by atoms with Gasteiger partial charge in [-0.3, -0.25) is 0 Å². The molecule has 26 heavy (non-hydrogen) atoms. The van der Waals surface area contributed by atoms with E-state index in [1.165, 1.54) is 18.9 Å². The van der Waals surface area contributed by atoms with Crippen LogP contribution < -0.4 is 10.1 Å². The molecule has 2 N–H and O–H groups in total. The van der Waals surface area contributed by atoms with Gasteiger partial charge in [-0.25, -0.2) is 9.78 Å². The van der Waals surface area contributed by atoms with Crippen molar-refractivity contribution in [3.05, 3.63) is 23.9 Å². The summed E-state index contributed by atoms with van der Waals surface area (Å²) in [7, 11) is 0. The van der Waals surface area contributed by atoms with Crippen LogP contribution in [0.15, 0.2) is 18.3 Å². The third kappa shape index (κ3) is 5.75. The Morgan fingerprint density at radius 1 is 1.19 bits per heavy atom. The summed E-state index contributed by atoms with van der Waals surface area (Å²) >= 11 is 0. The van der Waals surface area contributed by atoms with Crippen molar-refractivity contribution in [3.8, 4) is 5.88 Å². The van der Waals surface area contributed by atoms with Crippen LogP contribution in [0.3, 0.4) is 0 Å². The number of halogens is 6. The van der Waals surface area contributed by atoms with Crippen LogP contribution in [0.4, 0.5) is 26.3 Å². The van der Waals surface area contributed by atoms with Gasteiger partial charge in [0.2, 0.25) is 5.88 Å². The summed E-state index contributed by atoms with van der Waals surface area (Å²) in [5, 5.41) is 10.6. The summed E-state index contributed by atoms with van der Waals surface area (Å²) in [6.07, 6.45) is -5.06. The lowest BCUT2D eigenvalue weighted by Crippen LogP contribution is -2.55. The number of aliphatic carboxylic acids is 1. The summed E-state index contributed by atoms with van der Waals surface area (Å²) < 4.78 is 74.2. The Kier molecular flexibility index (Phi) is 5.99. The van der Waals surface area contributed by atoms with E-state index in [1.807, 2.05) is 0 Å². The van der Waals surface area contributed by atoms with Crippen LogP contribution in [0.1, 0.15) is 24.8 Å². The van der Waals surface area contributed by atoms with Crippen molar-refractivity contribution < 1.29 is 41.0 Å². The van der Waals surface area contributed by atoms with Crippen LogP contribution in [0.2, 0.25) is 0 Å². The number of rotatable bonds is 3. The van der Waals surface area contributed by atoms with Crippen molar-refractivity contribution in [2.45, 2.75) is 43.7 Å². The molecule has 5 nitrogen and oxygen atoms in total. The topological polar surface area (TPSA) is 71.5 Å². The molecule has 0 amide bonds. The van der Waals surface area contributed by atoms with Crippen molar-refractivity contribution >= 4 is 5.97 Å². The monoisotopic (exact) mass is 386 g/mol. The van der Waals surface area contributed by atoms with Gasteiger partial charge in [0.15, 0.2) is 0 Å². The molecule has 1 aromatic rings. The Balaban J connectivity index is 0.000000298. The van der Waals surface area contributed by atoms with E-state index in [4.69, 9.17) is 14.6 Å². The van der Waals surface area contributed by atoms with Crippen molar-refractivity contribution in [1.29, 1.82) is 0 Å². The molecule has 1 aliphatic carbocycles. The number of carboxylic acids is 1. The molecule has 1 saturated carbocycles. The van der Waals surface area contributed by atoms with Gasteiger partial charge >= 0.3 is 18.3 Å². The van der Waals surface area contributed by atoms with Gasteiger partial charge in [0.05, 0.1) is 5.56 Å². The molecule has 11 heteroatoms. The van der Waals surface area contributed by atoms with Crippen LogP contribution in [0, 0.1) is 5.92 Å². The Hall–Kier alpha value is -2.04. The minimum absolute atomic E-state index is 0.244. The lowest BCUT2D eigenvalue weighted by atomic mass is 9.72. The summed E-state index contributed by atoms with van der Waals surface area (Å²) in [4.78, 5) is 12.6. The van der Waals surface area contributed by atoms with Gasteiger partial charge in [0, 0.05) is 24.3 Å². The fourth-order valence-electron chi connectivity index (χ4n) is 2.80. The average Bonchev–Trinajstić information content (AvgIpc) is 2.52. The summed E-state index contributed by atoms with van der Waals surface area (Å²) in [5.74, 6) is -1.72. The number of hydrogen-bond acceptors (Lipinski definition) is 4. The normalized spacial score (nSPS) is 24.8.